The zero-order valence-corrected chi connectivity index (χ0v) is 10.3. The Morgan fingerprint density at radius 2 is 2.00 bits per heavy atom. The number of Topliss-reactive ketones (excluding diaryl/α,β-unsaturated/α-hetero) is 2. The van der Waals surface area contributed by atoms with Crippen LogP contribution in [-0.2, 0) is 19.1 Å². The van der Waals surface area contributed by atoms with Gasteiger partial charge in [-0.15, -0.1) is 0 Å². The Morgan fingerprint density at radius 3 is 2.65 bits per heavy atom. The average molecular weight is 238 g/mol. The van der Waals surface area contributed by atoms with Gasteiger partial charge in [0.05, 0.1) is 7.11 Å². The van der Waals surface area contributed by atoms with E-state index in [4.69, 9.17) is 4.74 Å². The van der Waals surface area contributed by atoms with Gasteiger partial charge in [-0.1, -0.05) is 6.92 Å². The highest BCUT2D eigenvalue weighted by molar-refractivity contribution is 6.09. The van der Waals surface area contributed by atoms with Crippen molar-refractivity contribution in [3.8, 4) is 0 Å². The van der Waals surface area contributed by atoms with E-state index in [0.29, 0.717) is 32.1 Å². The standard InChI is InChI=1S/C13H18O4/c1-8-6-7-10(14)9-4-3-5-11(15)13(8,9)12(16)17-2/h8-9H,3-7H2,1-2H3/t8-,9-,13-/m0/s1. The van der Waals surface area contributed by atoms with Crippen LogP contribution < -0.4 is 0 Å². The molecule has 0 aliphatic heterocycles. The molecule has 94 valence electrons. The number of esters is 1. The molecular weight excluding hydrogens is 220 g/mol. The van der Waals surface area contributed by atoms with Gasteiger partial charge < -0.3 is 4.74 Å². The van der Waals surface area contributed by atoms with E-state index in [1.807, 2.05) is 6.92 Å². The highest BCUT2D eigenvalue weighted by atomic mass is 16.5. The number of hydrogen-bond donors (Lipinski definition) is 0. The highest BCUT2D eigenvalue weighted by Crippen LogP contribution is 2.50. The van der Waals surface area contributed by atoms with Gasteiger partial charge in [-0.3, -0.25) is 14.4 Å². The quantitative estimate of drug-likeness (QED) is 0.513. The molecule has 0 aromatic heterocycles. The van der Waals surface area contributed by atoms with Crippen molar-refractivity contribution in [3.63, 3.8) is 0 Å². The van der Waals surface area contributed by atoms with Gasteiger partial charge in [0.25, 0.3) is 0 Å². The molecule has 0 N–H and O–H groups in total. The molecule has 4 heteroatoms. The molecule has 2 aliphatic carbocycles. The zero-order valence-electron chi connectivity index (χ0n) is 10.3. The van der Waals surface area contributed by atoms with Crippen molar-refractivity contribution >= 4 is 17.5 Å². The predicted molar refractivity (Wildman–Crippen MR) is 60.2 cm³/mol. The van der Waals surface area contributed by atoms with Crippen LogP contribution in [0.1, 0.15) is 39.0 Å². The molecule has 3 atom stereocenters. The fourth-order valence-corrected chi connectivity index (χ4v) is 3.52. The molecule has 2 aliphatic rings. The van der Waals surface area contributed by atoms with Crippen molar-refractivity contribution < 1.29 is 19.1 Å². The number of hydrogen-bond acceptors (Lipinski definition) is 4. The summed E-state index contributed by atoms with van der Waals surface area (Å²) in [6, 6.07) is 0. The Kier molecular flexibility index (Phi) is 3.06. The second-order valence-electron chi connectivity index (χ2n) is 5.13. The first-order valence-electron chi connectivity index (χ1n) is 6.19. The molecule has 0 spiro atoms. The molecule has 0 saturated heterocycles. The smallest absolute Gasteiger partial charge is 0.320 e. The predicted octanol–water partition coefficient (Wildman–Crippen LogP) is 1.51. The summed E-state index contributed by atoms with van der Waals surface area (Å²) in [5.41, 5.74) is -1.18. The molecule has 0 radical (unpaired) electrons. The van der Waals surface area contributed by atoms with Gasteiger partial charge in [-0.25, -0.2) is 0 Å². The normalized spacial score (nSPS) is 37.5. The van der Waals surface area contributed by atoms with Crippen LogP contribution in [0.2, 0.25) is 0 Å². The van der Waals surface area contributed by atoms with Crippen LogP contribution in [0.5, 0.6) is 0 Å². The highest BCUT2D eigenvalue weighted by Gasteiger charge is 2.61. The number of rotatable bonds is 1. The third kappa shape index (κ3) is 1.53. The van der Waals surface area contributed by atoms with Crippen LogP contribution in [0.25, 0.3) is 0 Å². The molecule has 2 fully saturated rings. The third-order valence-electron chi connectivity index (χ3n) is 4.42. The minimum Gasteiger partial charge on any atom is -0.468 e. The first-order chi connectivity index (χ1) is 8.05. The van der Waals surface area contributed by atoms with Crippen molar-refractivity contribution in [2.45, 2.75) is 39.0 Å². The summed E-state index contributed by atoms with van der Waals surface area (Å²) in [7, 11) is 1.29. The lowest BCUT2D eigenvalue weighted by Gasteiger charge is -2.46. The Bertz CT molecular complexity index is 364. The number of ketones is 2. The summed E-state index contributed by atoms with van der Waals surface area (Å²) in [6.45, 7) is 1.89. The lowest BCUT2D eigenvalue weighted by Crippen LogP contribution is -2.57. The molecule has 0 aromatic carbocycles. The molecule has 0 aromatic rings. The van der Waals surface area contributed by atoms with Crippen LogP contribution in [-0.4, -0.2) is 24.6 Å². The van der Waals surface area contributed by atoms with E-state index in [-0.39, 0.29) is 17.5 Å². The first kappa shape index (κ1) is 12.3. The molecule has 0 bridgehead atoms. The van der Waals surface area contributed by atoms with Gasteiger partial charge in [0.15, 0.2) is 5.78 Å². The zero-order chi connectivity index (χ0) is 12.6. The van der Waals surface area contributed by atoms with Crippen molar-refractivity contribution in [1.29, 1.82) is 0 Å². The maximum Gasteiger partial charge on any atom is 0.320 e. The first-order valence-corrected chi connectivity index (χ1v) is 6.19. The van der Waals surface area contributed by atoms with Crippen LogP contribution >= 0.6 is 0 Å². The van der Waals surface area contributed by atoms with Crippen LogP contribution in [0, 0.1) is 17.3 Å². The van der Waals surface area contributed by atoms with E-state index in [1.165, 1.54) is 7.11 Å². The monoisotopic (exact) mass is 238 g/mol. The van der Waals surface area contributed by atoms with Crippen LogP contribution in [0.15, 0.2) is 0 Å². The third-order valence-corrected chi connectivity index (χ3v) is 4.42. The van der Waals surface area contributed by atoms with Gasteiger partial charge in [0.2, 0.25) is 0 Å². The summed E-state index contributed by atoms with van der Waals surface area (Å²) in [6.07, 6.45) is 2.84. The van der Waals surface area contributed by atoms with E-state index in [0.717, 1.165) is 0 Å². The van der Waals surface area contributed by atoms with Crippen molar-refractivity contribution in [2.75, 3.05) is 7.11 Å². The number of ether oxygens (including phenoxy) is 1. The van der Waals surface area contributed by atoms with Crippen molar-refractivity contribution in [1.82, 2.24) is 0 Å². The fraction of sp³-hybridized carbons (Fsp3) is 0.769. The lowest BCUT2D eigenvalue weighted by molar-refractivity contribution is -0.175. The van der Waals surface area contributed by atoms with Crippen molar-refractivity contribution in [2.24, 2.45) is 17.3 Å². The molecule has 17 heavy (non-hydrogen) atoms. The Labute approximate surface area is 101 Å². The van der Waals surface area contributed by atoms with E-state index in [9.17, 15) is 14.4 Å². The Morgan fingerprint density at radius 1 is 1.29 bits per heavy atom. The van der Waals surface area contributed by atoms with E-state index < -0.39 is 17.3 Å². The molecule has 2 saturated carbocycles. The van der Waals surface area contributed by atoms with Gasteiger partial charge in [-0.2, -0.15) is 0 Å². The van der Waals surface area contributed by atoms with Crippen LogP contribution in [0.3, 0.4) is 0 Å². The fourth-order valence-electron chi connectivity index (χ4n) is 3.52. The minimum absolute atomic E-state index is 0.0570. The number of fused-ring (bicyclic) bond motifs is 1. The maximum atomic E-state index is 12.3. The molecule has 0 amide bonds. The molecule has 0 heterocycles. The van der Waals surface area contributed by atoms with E-state index >= 15 is 0 Å². The second kappa shape index (κ2) is 4.24. The summed E-state index contributed by atoms with van der Waals surface area (Å²) >= 11 is 0. The molecule has 4 nitrogen and oxygen atoms in total. The minimum atomic E-state index is -1.18. The molecule has 0 unspecified atom stereocenters. The van der Waals surface area contributed by atoms with Gasteiger partial charge in [0, 0.05) is 18.8 Å². The topological polar surface area (TPSA) is 60.4 Å². The number of carbonyl (C=O) groups is 3. The Hall–Kier alpha value is -1.19. The summed E-state index contributed by atoms with van der Waals surface area (Å²) in [5, 5.41) is 0. The second-order valence-corrected chi connectivity index (χ2v) is 5.13. The maximum absolute atomic E-state index is 12.3. The number of methoxy groups -OCH3 is 1. The average Bonchev–Trinajstić information content (AvgIpc) is 2.33. The molecule has 2 rings (SSSR count). The van der Waals surface area contributed by atoms with Gasteiger partial charge in [-0.05, 0) is 25.2 Å². The van der Waals surface area contributed by atoms with Crippen LogP contribution in [0.4, 0.5) is 0 Å². The van der Waals surface area contributed by atoms with E-state index in [1.54, 1.807) is 0 Å². The van der Waals surface area contributed by atoms with Gasteiger partial charge >= 0.3 is 5.97 Å². The SMILES string of the molecule is COC(=O)[C@]12C(=O)CCC[C@H]1C(=O)CC[C@@H]2C. The van der Waals surface area contributed by atoms with E-state index in [2.05, 4.69) is 0 Å². The Balaban J connectivity index is 2.51. The largest absolute Gasteiger partial charge is 0.468 e. The molecular formula is C13H18O4. The van der Waals surface area contributed by atoms with Crippen molar-refractivity contribution in [3.05, 3.63) is 0 Å². The van der Waals surface area contributed by atoms with Gasteiger partial charge in [0.1, 0.15) is 11.2 Å². The number of carbonyl (C=O) groups excluding carboxylic acids is 3. The summed E-state index contributed by atoms with van der Waals surface area (Å²) < 4.78 is 4.83. The lowest BCUT2D eigenvalue weighted by atomic mass is 9.54. The summed E-state index contributed by atoms with van der Waals surface area (Å²) in [4.78, 5) is 36.3. The summed E-state index contributed by atoms with van der Waals surface area (Å²) in [5.74, 6) is -1.08.